The first-order valence-corrected chi connectivity index (χ1v) is 9.24. The normalized spacial score (nSPS) is 12.3. The van der Waals surface area contributed by atoms with Crippen LogP contribution in [0.3, 0.4) is 0 Å². The molecule has 0 saturated carbocycles. The minimum Gasteiger partial charge on any atom is -0.331 e. The molecule has 1 unspecified atom stereocenters. The summed E-state index contributed by atoms with van der Waals surface area (Å²) in [6, 6.07) is 7.23. The molecule has 0 aromatic heterocycles. The first kappa shape index (κ1) is 19.0. The van der Waals surface area contributed by atoms with Crippen molar-refractivity contribution < 1.29 is 18.0 Å². The van der Waals surface area contributed by atoms with Crippen molar-refractivity contribution in [2.75, 3.05) is 12.8 Å². The van der Waals surface area contributed by atoms with E-state index in [0.29, 0.717) is 10.7 Å². The molecule has 128 valence electrons. The third kappa shape index (κ3) is 6.27. The molecular weight excluding hydrogens is 318 g/mol. The molecule has 0 saturated heterocycles. The maximum absolute atomic E-state index is 12.0. The Hall–Kier alpha value is -2.09. The lowest BCUT2D eigenvalue weighted by Crippen LogP contribution is -2.49. The molecule has 8 heteroatoms. The average Bonchev–Trinajstić information content (AvgIpc) is 2.46. The minimum atomic E-state index is -3.72. The largest absolute Gasteiger partial charge is 0.339 e. The van der Waals surface area contributed by atoms with Crippen molar-refractivity contribution in [2.45, 2.75) is 32.7 Å². The van der Waals surface area contributed by atoms with Crippen molar-refractivity contribution in [3.05, 3.63) is 35.9 Å². The summed E-state index contributed by atoms with van der Waals surface area (Å²) in [7, 11) is -3.72. The molecule has 0 heterocycles. The summed E-state index contributed by atoms with van der Waals surface area (Å²) in [4.78, 5) is 23.9. The molecule has 0 aliphatic heterocycles. The van der Waals surface area contributed by atoms with Crippen molar-refractivity contribution in [3.8, 4) is 0 Å². The molecule has 2 N–H and O–H groups in total. The van der Waals surface area contributed by atoms with Gasteiger partial charge in [0.05, 0.1) is 12.3 Å². The summed E-state index contributed by atoms with van der Waals surface area (Å²) in [6.45, 7) is 3.69. The van der Waals surface area contributed by atoms with E-state index < -0.39 is 22.1 Å². The smallest absolute Gasteiger partial charge is 0.331 e. The zero-order valence-electron chi connectivity index (χ0n) is 13.6. The van der Waals surface area contributed by atoms with Crippen molar-refractivity contribution in [3.63, 3.8) is 0 Å². The summed E-state index contributed by atoms with van der Waals surface area (Å²) >= 11 is 0. The average molecular weight is 341 g/mol. The number of rotatable bonds is 6. The van der Waals surface area contributed by atoms with E-state index in [0.717, 1.165) is 18.2 Å². The fourth-order valence-electron chi connectivity index (χ4n) is 1.94. The summed E-state index contributed by atoms with van der Waals surface area (Å²) < 4.78 is 23.9. The quantitative estimate of drug-likeness (QED) is 0.829. The first-order chi connectivity index (χ1) is 10.8. The zero-order chi connectivity index (χ0) is 17.5. The standard InChI is InChI=1S/C15H23N3O4S/c1-4-5-11-18(23(3,21)22)15(20)17-14(19)16-12(2)13-9-7-6-8-10-13/h6-10,12H,4-5,11H2,1-3H3,(H2,16,17,19,20). The van der Waals surface area contributed by atoms with Gasteiger partial charge in [-0.15, -0.1) is 0 Å². The van der Waals surface area contributed by atoms with Gasteiger partial charge in [-0.05, 0) is 18.9 Å². The van der Waals surface area contributed by atoms with Gasteiger partial charge in [-0.2, -0.15) is 0 Å². The predicted octanol–water partition coefficient (Wildman–Crippen LogP) is 2.23. The van der Waals surface area contributed by atoms with Gasteiger partial charge in [-0.1, -0.05) is 43.7 Å². The number of unbranched alkanes of at least 4 members (excludes halogenated alkanes) is 1. The van der Waals surface area contributed by atoms with Gasteiger partial charge in [0.2, 0.25) is 10.0 Å². The fraction of sp³-hybridized carbons (Fsp3) is 0.467. The Balaban J connectivity index is 2.65. The Labute approximate surface area is 137 Å². The molecule has 0 bridgehead atoms. The van der Waals surface area contributed by atoms with E-state index in [9.17, 15) is 18.0 Å². The number of benzene rings is 1. The summed E-state index contributed by atoms with van der Waals surface area (Å²) in [5.41, 5.74) is 0.876. The first-order valence-electron chi connectivity index (χ1n) is 7.39. The van der Waals surface area contributed by atoms with Gasteiger partial charge in [0.1, 0.15) is 0 Å². The van der Waals surface area contributed by atoms with Gasteiger partial charge in [0.25, 0.3) is 0 Å². The molecule has 0 aliphatic carbocycles. The van der Waals surface area contributed by atoms with Crippen LogP contribution in [0.25, 0.3) is 0 Å². The van der Waals surface area contributed by atoms with E-state index in [1.165, 1.54) is 0 Å². The molecule has 0 aliphatic rings. The van der Waals surface area contributed by atoms with Gasteiger partial charge < -0.3 is 5.32 Å². The van der Waals surface area contributed by atoms with Crippen LogP contribution in [0.5, 0.6) is 0 Å². The third-order valence-corrected chi connectivity index (χ3v) is 4.36. The van der Waals surface area contributed by atoms with E-state index in [1.54, 1.807) is 6.92 Å². The molecule has 1 aromatic rings. The van der Waals surface area contributed by atoms with Crippen molar-refractivity contribution in [1.82, 2.24) is 14.9 Å². The maximum atomic E-state index is 12.0. The number of imide groups is 1. The van der Waals surface area contributed by atoms with E-state index in [1.807, 2.05) is 37.3 Å². The summed E-state index contributed by atoms with van der Waals surface area (Å²) in [5.74, 6) is 0. The van der Waals surface area contributed by atoms with Gasteiger partial charge in [-0.25, -0.2) is 22.3 Å². The number of hydrogen-bond acceptors (Lipinski definition) is 4. The van der Waals surface area contributed by atoms with Crippen LogP contribution in [-0.2, 0) is 10.0 Å². The fourth-order valence-corrected chi connectivity index (χ4v) is 2.74. The number of nitrogens with zero attached hydrogens (tertiary/aromatic N) is 1. The van der Waals surface area contributed by atoms with Crippen LogP contribution >= 0.6 is 0 Å². The molecule has 0 radical (unpaired) electrons. The summed E-state index contributed by atoms with van der Waals surface area (Å²) in [5, 5.41) is 4.65. The third-order valence-electron chi connectivity index (χ3n) is 3.21. The summed E-state index contributed by atoms with van der Waals surface area (Å²) in [6.07, 6.45) is 2.20. The van der Waals surface area contributed by atoms with Crippen LogP contribution in [0, 0.1) is 0 Å². The second-order valence-corrected chi connectivity index (χ2v) is 7.13. The number of sulfonamides is 1. The highest BCUT2D eigenvalue weighted by Gasteiger charge is 2.24. The van der Waals surface area contributed by atoms with Crippen LogP contribution in [0.15, 0.2) is 30.3 Å². The van der Waals surface area contributed by atoms with Gasteiger partial charge in [0, 0.05) is 6.54 Å². The van der Waals surface area contributed by atoms with Gasteiger partial charge >= 0.3 is 12.1 Å². The Morgan fingerprint density at radius 3 is 2.35 bits per heavy atom. The molecule has 1 atom stereocenters. The number of nitrogens with one attached hydrogen (secondary N) is 2. The minimum absolute atomic E-state index is 0.0443. The highest BCUT2D eigenvalue weighted by Crippen LogP contribution is 2.10. The van der Waals surface area contributed by atoms with Crippen LogP contribution in [0.1, 0.15) is 38.3 Å². The Morgan fingerprint density at radius 2 is 1.83 bits per heavy atom. The lowest BCUT2D eigenvalue weighted by atomic mass is 10.1. The number of hydrogen-bond donors (Lipinski definition) is 2. The number of urea groups is 2. The zero-order valence-corrected chi connectivity index (χ0v) is 14.4. The lowest BCUT2D eigenvalue weighted by Gasteiger charge is -2.21. The van der Waals surface area contributed by atoms with Crippen LogP contribution in [0.4, 0.5) is 9.59 Å². The Kier molecular flexibility index (Phi) is 7.02. The van der Waals surface area contributed by atoms with Crippen LogP contribution in [0.2, 0.25) is 0 Å². The Morgan fingerprint density at radius 1 is 1.22 bits per heavy atom. The van der Waals surface area contributed by atoms with E-state index in [-0.39, 0.29) is 12.6 Å². The number of carbonyl (C=O) groups excluding carboxylic acids is 2. The SMILES string of the molecule is CCCCN(C(=O)NC(=O)NC(C)c1ccccc1)S(C)(=O)=O. The molecule has 7 nitrogen and oxygen atoms in total. The molecule has 1 aromatic carbocycles. The monoisotopic (exact) mass is 341 g/mol. The lowest BCUT2D eigenvalue weighted by molar-refractivity contribution is 0.214. The highest BCUT2D eigenvalue weighted by atomic mass is 32.2. The van der Waals surface area contributed by atoms with Crippen molar-refractivity contribution in [2.24, 2.45) is 0 Å². The Bertz CT molecular complexity index is 631. The highest BCUT2D eigenvalue weighted by molar-refractivity contribution is 7.88. The predicted molar refractivity (Wildman–Crippen MR) is 88.4 cm³/mol. The molecular formula is C15H23N3O4S. The molecule has 23 heavy (non-hydrogen) atoms. The molecule has 0 spiro atoms. The topological polar surface area (TPSA) is 95.6 Å². The number of amides is 4. The van der Waals surface area contributed by atoms with Crippen molar-refractivity contribution in [1.29, 1.82) is 0 Å². The van der Waals surface area contributed by atoms with Gasteiger partial charge in [-0.3, -0.25) is 5.32 Å². The van der Waals surface area contributed by atoms with E-state index in [2.05, 4.69) is 10.6 Å². The van der Waals surface area contributed by atoms with Crippen LogP contribution < -0.4 is 10.6 Å². The number of carbonyl (C=O) groups is 2. The maximum Gasteiger partial charge on any atom is 0.339 e. The molecule has 0 fully saturated rings. The van der Waals surface area contributed by atoms with Crippen molar-refractivity contribution >= 4 is 22.1 Å². The second-order valence-electron chi connectivity index (χ2n) is 5.22. The van der Waals surface area contributed by atoms with Gasteiger partial charge in [0.15, 0.2) is 0 Å². The van der Waals surface area contributed by atoms with E-state index in [4.69, 9.17) is 0 Å². The second kappa shape index (κ2) is 8.52. The van der Waals surface area contributed by atoms with Crippen LogP contribution in [-0.4, -0.2) is 37.6 Å². The molecule has 1 rings (SSSR count). The molecule has 4 amide bonds. The van der Waals surface area contributed by atoms with E-state index >= 15 is 0 Å².